The molecule has 0 spiro atoms. The molecule has 28 heavy (non-hydrogen) atoms. The molecule has 1 heterocycles. The molecule has 0 aliphatic carbocycles. The number of amides is 1. The Bertz CT molecular complexity index is 973. The second-order valence-electron chi connectivity index (χ2n) is 5.67. The minimum Gasteiger partial charge on any atom is -0.411 e. The van der Waals surface area contributed by atoms with Gasteiger partial charge in [-0.2, -0.15) is 13.2 Å². The van der Waals surface area contributed by atoms with Crippen molar-refractivity contribution in [3.8, 4) is 11.5 Å². The normalized spacial score (nSPS) is 12.6. The Balaban J connectivity index is 1.68. The van der Waals surface area contributed by atoms with Gasteiger partial charge in [0.2, 0.25) is 11.8 Å². The Hall–Kier alpha value is -2.88. The van der Waals surface area contributed by atoms with Gasteiger partial charge in [0.25, 0.3) is 5.22 Å². The number of carbonyl (C=O) groups is 1. The first-order valence-electron chi connectivity index (χ1n) is 7.97. The van der Waals surface area contributed by atoms with Crippen LogP contribution in [0.25, 0.3) is 11.5 Å². The molecule has 1 N–H and O–H groups in total. The quantitative estimate of drug-likeness (QED) is 0.472. The summed E-state index contributed by atoms with van der Waals surface area (Å²) in [5.41, 5.74) is -0.765. The van der Waals surface area contributed by atoms with Crippen LogP contribution in [-0.4, -0.2) is 21.4 Å². The number of anilines is 1. The topological polar surface area (TPSA) is 68.0 Å². The van der Waals surface area contributed by atoms with Crippen LogP contribution in [-0.2, 0) is 11.0 Å². The van der Waals surface area contributed by atoms with Crippen LogP contribution in [0.4, 0.5) is 23.2 Å². The summed E-state index contributed by atoms with van der Waals surface area (Å²) in [6.07, 6.45) is -4.59. The molecule has 146 valence electrons. The van der Waals surface area contributed by atoms with Crippen LogP contribution in [0.15, 0.2) is 58.2 Å². The molecule has 0 unspecified atom stereocenters. The zero-order chi connectivity index (χ0) is 20.3. The molecule has 10 heteroatoms. The van der Waals surface area contributed by atoms with Gasteiger partial charge in [-0.25, -0.2) is 4.39 Å². The Kier molecular flexibility index (Phi) is 5.68. The van der Waals surface area contributed by atoms with Crippen LogP contribution in [0.2, 0.25) is 0 Å². The number of hydrogen-bond acceptors (Lipinski definition) is 5. The van der Waals surface area contributed by atoms with Crippen molar-refractivity contribution in [3.63, 3.8) is 0 Å². The van der Waals surface area contributed by atoms with Crippen LogP contribution in [0.5, 0.6) is 0 Å². The first-order chi connectivity index (χ1) is 13.2. The molecule has 0 saturated carbocycles. The lowest BCUT2D eigenvalue weighted by molar-refractivity contribution is -0.137. The van der Waals surface area contributed by atoms with Crippen molar-refractivity contribution in [1.29, 1.82) is 0 Å². The van der Waals surface area contributed by atoms with Crippen LogP contribution in [0, 0.1) is 5.82 Å². The predicted molar refractivity (Wildman–Crippen MR) is 95.1 cm³/mol. The molecule has 1 atom stereocenters. The largest absolute Gasteiger partial charge is 0.418 e. The van der Waals surface area contributed by atoms with Gasteiger partial charge in [0.05, 0.1) is 16.5 Å². The van der Waals surface area contributed by atoms with E-state index in [0.29, 0.717) is 5.56 Å². The molecule has 0 fully saturated rings. The Morgan fingerprint density at radius 2 is 1.79 bits per heavy atom. The maximum Gasteiger partial charge on any atom is 0.418 e. The maximum absolute atomic E-state index is 13.0. The zero-order valence-corrected chi connectivity index (χ0v) is 15.1. The molecule has 0 radical (unpaired) electrons. The fraction of sp³-hybridized carbons (Fsp3) is 0.167. The molecular formula is C18H13F4N3O2S. The lowest BCUT2D eigenvalue weighted by atomic mass is 10.1. The highest BCUT2D eigenvalue weighted by Gasteiger charge is 2.34. The van der Waals surface area contributed by atoms with E-state index in [4.69, 9.17) is 4.42 Å². The highest BCUT2D eigenvalue weighted by atomic mass is 32.2. The van der Waals surface area contributed by atoms with Crippen molar-refractivity contribution in [1.82, 2.24) is 10.2 Å². The van der Waals surface area contributed by atoms with Gasteiger partial charge in [0, 0.05) is 5.56 Å². The van der Waals surface area contributed by atoms with Gasteiger partial charge in [0.1, 0.15) is 5.82 Å². The van der Waals surface area contributed by atoms with E-state index < -0.39 is 28.7 Å². The molecule has 3 rings (SSSR count). The second kappa shape index (κ2) is 8.01. The number of nitrogens with zero attached hydrogens (tertiary/aromatic N) is 2. The van der Waals surface area contributed by atoms with E-state index in [9.17, 15) is 22.4 Å². The summed E-state index contributed by atoms with van der Waals surface area (Å²) in [6.45, 7) is 1.50. The van der Waals surface area contributed by atoms with Crippen molar-refractivity contribution < 1.29 is 26.8 Å². The third kappa shape index (κ3) is 4.69. The minimum absolute atomic E-state index is 0.0612. The summed E-state index contributed by atoms with van der Waals surface area (Å²) >= 11 is 0.895. The number of thioether (sulfide) groups is 1. The smallest absolute Gasteiger partial charge is 0.411 e. The molecule has 0 aliphatic heterocycles. The van der Waals surface area contributed by atoms with E-state index in [-0.39, 0.29) is 16.8 Å². The summed E-state index contributed by atoms with van der Waals surface area (Å²) < 4.78 is 57.4. The van der Waals surface area contributed by atoms with E-state index in [0.717, 1.165) is 17.8 Å². The molecule has 2 aromatic carbocycles. The molecular weight excluding hydrogens is 398 g/mol. The number of aromatic nitrogens is 2. The van der Waals surface area contributed by atoms with E-state index in [1.807, 2.05) is 0 Å². The lowest BCUT2D eigenvalue weighted by Gasteiger charge is -2.15. The van der Waals surface area contributed by atoms with Crippen molar-refractivity contribution >= 4 is 23.4 Å². The average Bonchev–Trinajstić information content (AvgIpc) is 3.10. The van der Waals surface area contributed by atoms with Crippen molar-refractivity contribution in [2.75, 3.05) is 5.32 Å². The first-order valence-corrected chi connectivity index (χ1v) is 8.85. The molecule has 1 aromatic heterocycles. The predicted octanol–water partition coefficient (Wildman–Crippen LogP) is 5.01. The van der Waals surface area contributed by atoms with Crippen molar-refractivity contribution in [2.45, 2.75) is 23.6 Å². The monoisotopic (exact) mass is 411 g/mol. The van der Waals surface area contributed by atoms with Crippen molar-refractivity contribution in [2.24, 2.45) is 0 Å². The zero-order valence-electron chi connectivity index (χ0n) is 14.3. The molecule has 5 nitrogen and oxygen atoms in total. The number of halogens is 4. The number of alkyl halides is 3. The Labute approximate surface area is 161 Å². The average molecular weight is 411 g/mol. The van der Waals surface area contributed by atoms with E-state index >= 15 is 0 Å². The molecule has 0 saturated heterocycles. The summed E-state index contributed by atoms with van der Waals surface area (Å²) in [5.74, 6) is -0.928. The van der Waals surface area contributed by atoms with Crippen molar-refractivity contribution in [3.05, 3.63) is 59.9 Å². The van der Waals surface area contributed by atoms with Gasteiger partial charge in [-0.05, 0) is 43.3 Å². The first kappa shape index (κ1) is 19.9. The van der Waals surface area contributed by atoms with Crippen LogP contribution >= 0.6 is 11.8 Å². The van der Waals surface area contributed by atoms with Crippen LogP contribution < -0.4 is 5.32 Å². The third-order valence-electron chi connectivity index (χ3n) is 3.63. The SMILES string of the molecule is C[C@H](Sc1nnc(-c2ccc(F)cc2)o1)C(=O)Nc1ccccc1C(F)(F)F. The number of benzene rings is 2. The number of nitrogens with one attached hydrogen (secondary N) is 1. The number of rotatable bonds is 5. The van der Waals surface area contributed by atoms with E-state index in [1.54, 1.807) is 0 Å². The van der Waals surface area contributed by atoms with E-state index in [2.05, 4.69) is 15.5 Å². The van der Waals surface area contributed by atoms with Gasteiger partial charge < -0.3 is 9.73 Å². The fourth-order valence-corrected chi connectivity index (χ4v) is 2.93. The van der Waals surface area contributed by atoms with Crippen LogP contribution in [0.1, 0.15) is 12.5 Å². The van der Waals surface area contributed by atoms with Gasteiger partial charge in [-0.15, -0.1) is 10.2 Å². The van der Waals surface area contributed by atoms with Crippen LogP contribution in [0.3, 0.4) is 0 Å². The van der Waals surface area contributed by atoms with Gasteiger partial charge in [0.15, 0.2) is 0 Å². The second-order valence-corrected chi connectivity index (χ2v) is 6.96. The molecule has 3 aromatic rings. The van der Waals surface area contributed by atoms with Gasteiger partial charge in [-0.1, -0.05) is 23.9 Å². The number of carbonyl (C=O) groups excluding carboxylic acids is 1. The molecule has 1 amide bonds. The highest BCUT2D eigenvalue weighted by Crippen LogP contribution is 2.35. The molecule has 0 aliphatic rings. The summed E-state index contributed by atoms with van der Waals surface area (Å²) in [7, 11) is 0. The maximum atomic E-state index is 13.0. The number of hydrogen-bond donors (Lipinski definition) is 1. The van der Waals surface area contributed by atoms with Gasteiger partial charge >= 0.3 is 6.18 Å². The minimum atomic E-state index is -4.59. The van der Waals surface area contributed by atoms with Gasteiger partial charge in [-0.3, -0.25) is 4.79 Å². The summed E-state index contributed by atoms with van der Waals surface area (Å²) in [4.78, 5) is 12.3. The summed E-state index contributed by atoms with van der Waals surface area (Å²) in [6, 6.07) is 10.1. The third-order valence-corrected chi connectivity index (χ3v) is 4.57. The lowest BCUT2D eigenvalue weighted by Crippen LogP contribution is -2.24. The fourth-order valence-electron chi connectivity index (χ4n) is 2.24. The standard InChI is InChI=1S/C18H13F4N3O2S/c1-10(15(26)23-14-5-3-2-4-13(14)18(20,21)22)28-17-25-24-16(27-17)11-6-8-12(19)9-7-11/h2-10H,1H3,(H,23,26)/t10-/m0/s1. The Morgan fingerprint density at radius 3 is 2.46 bits per heavy atom. The summed E-state index contributed by atoms with van der Waals surface area (Å²) in [5, 5.41) is 9.14. The molecule has 0 bridgehead atoms. The number of para-hydroxylation sites is 1. The highest BCUT2D eigenvalue weighted by molar-refractivity contribution is 8.00. The van der Waals surface area contributed by atoms with E-state index in [1.165, 1.54) is 49.4 Å². The Morgan fingerprint density at radius 1 is 1.11 bits per heavy atom.